The Hall–Kier alpha value is -4.99. The summed E-state index contributed by atoms with van der Waals surface area (Å²) in [7, 11) is 1.61. The number of ether oxygens (including phenoxy) is 1. The SMILES string of the molecule is COc1ccc(-c2nn(-c3ccccc3)c(O)c2/C(C)=N/Nc2nnnn2-c2ccccc2)cc1. The van der Waals surface area contributed by atoms with Gasteiger partial charge >= 0.3 is 0 Å². The predicted octanol–water partition coefficient (Wildman–Crippen LogP) is 4.07. The molecule has 2 aromatic heterocycles. The zero-order valence-electron chi connectivity index (χ0n) is 19.1. The van der Waals surface area contributed by atoms with Crippen LogP contribution in [-0.4, -0.2) is 47.9 Å². The summed E-state index contributed by atoms with van der Waals surface area (Å²) in [6, 6.07) is 26.3. The average molecular weight is 467 g/mol. The van der Waals surface area contributed by atoms with E-state index >= 15 is 0 Å². The molecule has 5 aromatic rings. The van der Waals surface area contributed by atoms with Crippen LogP contribution in [0.15, 0.2) is 90.0 Å². The number of nitrogens with one attached hydrogen (secondary N) is 1. The van der Waals surface area contributed by atoms with Gasteiger partial charge in [0.1, 0.15) is 11.4 Å². The van der Waals surface area contributed by atoms with Crippen LogP contribution in [0.2, 0.25) is 0 Å². The summed E-state index contributed by atoms with van der Waals surface area (Å²) in [5.41, 5.74) is 6.76. The molecule has 2 N–H and O–H groups in total. The van der Waals surface area contributed by atoms with Crippen LogP contribution in [0.25, 0.3) is 22.6 Å². The molecule has 35 heavy (non-hydrogen) atoms. The predicted molar refractivity (Wildman–Crippen MR) is 132 cm³/mol. The van der Waals surface area contributed by atoms with Gasteiger partial charge in [-0.3, -0.25) is 0 Å². The van der Waals surface area contributed by atoms with Crippen LogP contribution >= 0.6 is 0 Å². The molecule has 174 valence electrons. The molecule has 0 saturated heterocycles. The fourth-order valence-corrected chi connectivity index (χ4v) is 3.63. The van der Waals surface area contributed by atoms with E-state index < -0.39 is 0 Å². The summed E-state index contributed by atoms with van der Waals surface area (Å²) in [5, 5.41) is 32.2. The number of para-hydroxylation sites is 2. The smallest absolute Gasteiger partial charge is 0.268 e. The monoisotopic (exact) mass is 466 g/mol. The molecule has 0 fully saturated rings. The third-order valence-electron chi connectivity index (χ3n) is 5.38. The quantitative estimate of drug-likeness (QED) is 0.274. The van der Waals surface area contributed by atoms with Gasteiger partial charge in [0.2, 0.25) is 5.88 Å². The molecule has 0 aliphatic heterocycles. The first kappa shape index (κ1) is 21.8. The molecule has 0 saturated carbocycles. The first-order chi connectivity index (χ1) is 17.2. The number of tetrazole rings is 1. The van der Waals surface area contributed by atoms with Gasteiger partial charge in [-0.2, -0.15) is 14.9 Å². The molecular formula is C25H22N8O2. The molecule has 10 heteroatoms. The van der Waals surface area contributed by atoms with E-state index in [1.165, 1.54) is 9.36 Å². The molecular weight excluding hydrogens is 444 g/mol. The zero-order chi connectivity index (χ0) is 24.2. The van der Waals surface area contributed by atoms with Crippen LogP contribution in [-0.2, 0) is 0 Å². The minimum atomic E-state index is -0.0345. The van der Waals surface area contributed by atoms with Crippen molar-refractivity contribution >= 4 is 11.7 Å². The highest BCUT2D eigenvalue weighted by Gasteiger charge is 2.22. The van der Waals surface area contributed by atoms with Crippen LogP contribution in [0.5, 0.6) is 11.6 Å². The van der Waals surface area contributed by atoms with Crippen molar-refractivity contribution in [1.82, 2.24) is 30.0 Å². The second kappa shape index (κ2) is 9.48. The molecule has 2 heterocycles. The fraction of sp³-hybridized carbons (Fsp3) is 0.0800. The Morgan fingerprint density at radius 2 is 1.51 bits per heavy atom. The normalized spacial score (nSPS) is 11.4. The molecule has 0 bridgehead atoms. The maximum atomic E-state index is 11.2. The molecule has 0 radical (unpaired) electrons. The van der Waals surface area contributed by atoms with Gasteiger partial charge in [-0.05, 0) is 65.9 Å². The number of methoxy groups -OCH3 is 1. The van der Waals surface area contributed by atoms with Crippen LogP contribution < -0.4 is 10.2 Å². The van der Waals surface area contributed by atoms with E-state index in [1.807, 2.05) is 84.9 Å². The summed E-state index contributed by atoms with van der Waals surface area (Å²) < 4.78 is 8.30. The van der Waals surface area contributed by atoms with Gasteiger partial charge in [-0.1, -0.05) is 41.5 Å². The first-order valence-electron chi connectivity index (χ1n) is 10.8. The number of hydrogen-bond acceptors (Lipinski definition) is 8. The Morgan fingerprint density at radius 3 is 2.14 bits per heavy atom. The van der Waals surface area contributed by atoms with Gasteiger partial charge in [-0.15, -0.1) is 0 Å². The number of aromatic nitrogens is 6. The van der Waals surface area contributed by atoms with Crippen LogP contribution in [0, 0.1) is 0 Å². The second-order valence-electron chi connectivity index (χ2n) is 7.58. The van der Waals surface area contributed by atoms with Crippen LogP contribution in [0.4, 0.5) is 5.95 Å². The Balaban J connectivity index is 1.56. The van der Waals surface area contributed by atoms with Crippen molar-refractivity contribution in [3.63, 3.8) is 0 Å². The van der Waals surface area contributed by atoms with Gasteiger partial charge in [0.25, 0.3) is 5.95 Å². The van der Waals surface area contributed by atoms with Crippen molar-refractivity contribution in [3.8, 4) is 34.3 Å². The number of nitrogens with zero attached hydrogens (tertiary/aromatic N) is 7. The molecule has 0 aliphatic carbocycles. The minimum Gasteiger partial charge on any atom is -0.497 e. The average Bonchev–Trinajstić information content (AvgIpc) is 3.53. The van der Waals surface area contributed by atoms with Crippen molar-refractivity contribution in [3.05, 3.63) is 90.5 Å². The standard InChI is InChI=1S/C25H22N8O2/c1-17(26-27-25-28-30-31-33(25)20-11-7-4-8-12-20)22-23(18-13-15-21(35-2)16-14-18)29-32(24(22)34)19-9-5-3-6-10-19/h3-16,34H,1-2H3,(H,27,28,31)/b26-17+. The highest BCUT2D eigenvalue weighted by Crippen LogP contribution is 2.33. The van der Waals surface area contributed by atoms with Crippen molar-refractivity contribution in [1.29, 1.82) is 0 Å². The molecule has 5 rings (SSSR count). The molecule has 0 atom stereocenters. The lowest BCUT2D eigenvalue weighted by Crippen LogP contribution is -2.06. The lowest BCUT2D eigenvalue weighted by molar-refractivity contribution is 0.415. The Labute approximate surface area is 201 Å². The largest absolute Gasteiger partial charge is 0.497 e. The van der Waals surface area contributed by atoms with E-state index in [0.717, 1.165) is 22.7 Å². The molecule has 0 amide bonds. The zero-order valence-corrected chi connectivity index (χ0v) is 19.1. The Bertz CT molecular complexity index is 1460. The highest BCUT2D eigenvalue weighted by atomic mass is 16.5. The van der Waals surface area contributed by atoms with Crippen molar-refractivity contribution in [2.75, 3.05) is 12.5 Å². The van der Waals surface area contributed by atoms with Crippen molar-refractivity contribution in [2.24, 2.45) is 5.10 Å². The van der Waals surface area contributed by atoms with E-state index in [-0.39, 0.29) is 5.88 Å². The van der Waals surface area contributed by atoms with Crippen LogP contribution in [0.1, 0.15) is 12.5 Å². The number of hydrazone groups is 1. The van der Waals surface area contributed by atoms with Crippen LogP contribution in [0.3, 0.4) is 0 Å². The lowest BCUT2D eigenvalue weighted by Gasteiger charge is -2.06. The molecule has 10 nitrogen and oxygen atoms in total. The van der Waals surface area contributed by atoms with E-state index in [4.69, 9.17) is 9.84 Å². The molecule has 3 aromatic carbocycles. The number of benzene rings is 3. The second-order valence-corrected chi connectivity index (χ2v) is 7.58. The Morgan fingerprint density at radius 1 is 0.886 bits per heavy atom. The van der Waals surface area contributed by atoms with Crippen molar-refractivity contribution in [2.45, 2.75) is 6.92 Å². The Kier molecular flexibility index (Phi) is 5.91. The summed E-state index contributed by atoms with van der Waals surface area (Å²) in [5.74, 6) is 1.02. The van der Waals surface area contributed by atoms with E-state index in [0.29, 0.717) is 22.9 Å². The minimum absolute atomic E-state index is 0.0345. The fourth-order valence-electron chi connectivity index (χ4n) is 3.63. The molecule has 0 spiro atoms. The lowest BCUT2D eigenvalue weighted by atomic mass is 10.0. The highest BCUT2D eigenvalue weighted by molar-refractivity contribution is 6.06. The van der Waals surface area contributed by atoms with Gasteiger partial charge in [-0.25, -0.2) is 10.1 Å². The third-order valence-corrected chi connectivity index (χ3v) is 5.38. The van der Waals surface area contributed by atoms with Gasteiger partial charge < -0.3 is 9.84 Å². The summed E-state index contributed by atoms with van der Waals surface area (Å²) in [6.45, 7) is 1.78. The van der Waals surface area contributed by atoms with Gasteiger partial charge in [0, 0.05) is 5.56 Å². The third kappa shape index (κ3) is 4.32. The van der Waals surface area contributed by atoms with Gasteiger partial charge in [0.05, 0.1) is 29.8 Å². The maximum Gasteiger partial charge on any atom is 0.268 e. The van der Waals surface area contributed by atoms with Crippen molar-refractivity contribution < 1.29 is 9.84 Å². The first-order valence-corrected chi connectivity index (χ1v) is 10.8. The number of anilines is 1. The summed E-state index contributed by atoms with van der Waals surface area (Å²) in [6.07, 6.45) is 0. The summed E-state index contributed by atoms with van der Waals surface area (Å²) in [4.78, 5) is 0. The van der Waals surface area contributed by atoms with E-state index in [1.54, 1.807) is 14.0 Å². The van der Waals surface area contributed by atoms with E-state index in [9.17, 15) is 5.11 Å². The number of rotatable bonds is 7. The topological polar surface area (TPSA) is 115 Å². The number of aromatic hydroxyl groups is 1. The summed E-state index contributed by atoms with van der Waals surface area (Å²) >= 11 is 0. The number of hydrogen-bond donors (Lipinski definition) is 2. The van der Waals surface area contributed by atoms with E-state index in [2.05, 4.69) is 26.1 Å². The molecule has 0 unspecified atom stereocenters. The molecule has 0 aliphatic rings. The maximum absolute atomic E-state index is 11.2. The van der Waals surface area contributed by atoms with Gasteiger partial charge in [0.15, 0.2) is 0 Å².